The van der Waals surface area contributed by atoms with Crippen molar-refractivity contribution >= 4 is 39.3 Å². The number of aldehydes is 1. The van der Waals surface area contributed by atoms with Crippen molar-refractivity contribution in [3.05, 3.63) is 33.7 Å². The predicted octanol–water partition coefficient (Wildman–Crippen LogP) is 4.49. The number of carbonyl (C=O) groups excluding carboxylic acids is 1. The highest BCUT2D eigenvalue weighted by Gasteiger charge is 2.10. The molecule has 3 heteroatoms. The lowest BCUT2D eigenvalue weighted by atomic mass is 10.0. The van der Waals surface area contributed by atoms with Gasteiger partial charge in [-0.15, -0.1) is 11.3 Å². The van der Waals surface area contributed by atoms with E-state index in [1.54, 1.807) is 0 Å². The summed E-state index contributed by atoms with van der Waals surface area (Å²) in [6, 6.07) is 6.19. The van der Waals surface area contributed by atoms with Gasteiger partial charge < -0.3 is 0 Å². The van der Waals surface area contributed by atoms with Gasteiger partial charge in [-0.05, 0) is 23.6 Å². The molecule has 0 aliphatic carbocycles. The van der Waals surface area contributed by atoms with Crippen molar-refractivity contribution in [1.29, 1.82) is 0 Å². The van der Waals surface area contributed by atoms with Crippen LogP contribution in [0.3, 0.4) is 0 Å². The fourth-order valence-corrected chi connectivity index (χ4v) is 2.85. The Balaban J connectivity index is 2.73. The van der Waals surface area contributed by atoms with E-state index in [4.69, 9.17) is 11.6 Å². The number of halogens is 1. The second kappa shape index (κ2) is 3.95. The number of thiophene rings is 1. The Bertz CT molecular complexity index is 514. The predicted molar refractivity (Wildman–Crippen MR) is 66.3 cm³/mol. The van der Waals surface area contributed by atoms with E-state index in [2.05, 4.69) is 26.0 Å². The third kappa shape index (κ3) is 1.80. The van der Waals surface area contributed by atoms with Crippen LogP contribution < -0.4 is 0 Å². The maximum absolute atomic E-state index is 10.9. The summed E-state index contributed by atoms with van der Waals surface area (Å²) in [5, 5.41) is 0.978. The van der Waals surface area contributed by atoms with Crippen molar-refractivity contribution in [3.63, 3.8) is 0 Å². The van der Waals surface area contributed by atoms with E-state index in [1.807, 2.05) is 6.07 Å². The quantitative estimate of drug-likeness (QED) is 0.705. The Morgan fingerprint density at radius 3 is 2.73 bits per heavy atom. The molecule has 0 aliphatic heterocycles. The third-order valence-corrected chi connectivity index (χ3v) is 3.90. The number of fused-ring (bicyclic) bond motifs is 1. The van der Waals surface area contributed by atoms with E-state index in [-0.39, 0.29) is 0 Å². The third-order valence-electron chi connectivity index (χ3n) is 2.49. The smallest absolute Gasteiger partial charge is 0.153 e. The molecule has 2 aromatic rings. The first-order valence-corrected chi connectivity index (χ1v) is 6.00. The van der Waals surface area contributed by atoms with Gasteiger partial charge in [-0.25, -0.2) is 0 Å². The molecule has 1 aromatic carbocycles. The van der Waals surface area contributed by atoms with E-state index >= 15 is 0 Å². The highest BCUT2D eigenvalue weighted by atomic mass is 35.5. The molecule has 0 bridgehead atoms. The van der Waals surface area contributed by atoms with Crippen LogP contribution in [0.4, 0.5) is 0 Å². The van der Waals surface area contributed by atoms with Gasteiger partial charge in [-0.2, -0.15) is 0 Å². The Morgan fingerprint density at radius 2 is 2.13 bits per heavy atom. The summed E-state index contributed by atoms with van der Waals surface area (Å²) in [6.07, 6.45) is 0.839. The Hall–Kier alpha value is -0.860. The largest absolute Gasteiger partial charge is 0.298 e. The fraction of sp³-hybridized carbons (Fsp3) is 0.250. The fourth-order valence-electron chi connectivity index (χ4n) is 1.57. The van der Waals surface area contributed by atoms with Gasteiger partial charge in [0, 0.05) is 10.1 Å². The molecule has 0 radical (unpaired) electrons. The molecule has 0 saturated heterocycles. The van der Waals surface area contributed by atoms with Gasteiger partial charge in [0.15, 0.2) is 6.29 Å². The molecular formula is C12H11ClOS. The molecule has 15 heavy (non-hydrogen) atoms. The van der Waals surface area contributed by atoms with Crippen LogP contribution in [-0.2, 0) is 0 Å². The summed E-state index contributed by atoms with van der Waals surface area (Å²) in [4.78, 5) is 10.9. The van der Waals surface area contributed by atoms with Gasteiger partial charge in [0.05, 0.1) is 5.56 Å². The SMILES string of the molecule is CC(C)c1ccc2sc(Cl)c(C=O)c2c1. The molecule has 2 rings (SSSR count). The molecule has 78 valence electrons. The summed E-state index contributed by atoms with van der Waals surface area (Å²) in [5.41, 5.74) is 1.86. The Kier molecular flexibility index (Phi) is 2.81. The second-order valence-corrected chi connectivity index (χ2v) is 5.47. The Labute approximate surface area is 97.7 Å². The maximum atomic E-state index is 10.9. The lowest BCUT2D eigenvalue weighted by Gasteiger charge is -2.04. The van der Waals surface area contributed by atoms with Gasteiger partial charge in [0.2, 0.25) is 0 Å². The van der Waals surface area contributed by atoms with Crippen LogP contribution in [0.25, 0.3) is 10.1 Å². The molecule has 0 saturated carbocycles. The number of hydrogen-bond acceptors (Lipinski definition) is 2. The zero-order chi connectivity index (χ0) is 11.0. The van der Waals surface area contributed by atoms with Gasteiger partial charge >= 0.3 is 0 Å². The van der Waals surface area contributed by atoms with Gasteiger partial charge in [0.1, 0.15) is 4.34 Å². The maximum Gasteiger partial charge on any atom is 0.153 e. The van der Waals surface area contributed by atoms with Crippen LogP contribution in [-0.4, -0.2) is 6.29 Å². The van der Waals surface area contributed by atoms with Crippen molar-refractivity contribution in [2.24, 2.45) is 0 Å². The molecule has 0 atom stereocenters. The number of hydrogen-bond donors (Lipinski definition) is 0. The molecule has 0 aliphatic rings. The van der Waals surface area contributed by atoms with Crippen molar-refractivity contribution < 1.29 is 4.79 Å². The first kappa shape index (κ1) is 10.7. The summed E-state index contributed by atoms with van der Waals surface area (Å²) in [6.45, 7) is 4.27. The van der Waals surface area contributed by atoms with Crippen LogP contribution in [0, 0.1) is 0 Å². The minimum absolute atomic E-state index is 0.465. The molecule has 1 heterocycles. The van der Waals surface area contributed by atoms with E-state index in [0.29, 0.717) is 15.8 Å². The molecule has 1 aromatic heterocycles. The van der Waals surface area contributed by atoms with Gasteiger partial charge in [-0.1, -0.05) is 31.5 Å². The zero-order valence-electron chi connectivity index (χ0n) is 8.58. The topological polar surface area (TPSA) is 17.1 Å². The van der Waals surface area contributed by atoms with Crippen molar-refractivity contribution in [1.82, 2.24) is 0 Å². The summed E-state index contributed by atoms with van der Waals surface area (Å²) < 4.78 is 1.66. The van der Waals surface area contributed by atoms with E-state index in [9.17, 15) is 4.79 Å². The van der Waals surface area contributed by atoms with Gasteiger partial charge in [-0.3, -0.25) is 4.79 Å². The number of benzene rings is 1. The molecular weight excluding hydrogens is 228 g/mol. The van der Waals surface area contributed by atoms with Crippen LogP contribution in [0.2, 0.25) is 4.34 Å². The molecule has 0 unspecified atom stereocenters. The van der Waals surface area contributed by atoms with Crippen LogP contribution in [0.15, 0.2) is 18.2 Å². The highest BCUT2D eigenvalue weighted by molar-refractivity contribution is 7.23. The normalized spacial score (nSPS) is 11.2. The minimum atomic E-state index is 0.465. The summed E-state index contributed by atoms with van der Waals surface area (Å²) in [7, 11) is 0. The highest BCUT2D eigenvalue weighted by Crippen LogP contribution is 2.35. The zero-order valence-corrected chi connectivity index (χ0v) is 10.2. The first-order chi connectivity index (χ1) is 7.13. The van der Waals surface area contributed by atoms with Crippen molar-refractivity contribution in [2.75, 3.05) is 0 Å². The van der Waals surface area contributed by atoms with E-state index < -0.39 is 0 Å². The van der Waals surface area contributed by atoms with Crippen molar-refractivity contribution in [3.8, 4) is 0 Å². The lowest BCUT2D eigenvalue weighted by molar-refractivity contribution is 0.112. The minimum Gasteiger partial charge on any atom is -0.298 e. The van der Waals surface area contributed by atoms with E-state index in [1.165, 1.54) is 16.9 Å². The standard InChI is InChI=1S/C12H11ClOS/c1-7(2)8-3-4-11-9(5-8)10(6-14)12(13)15-11/h3-7H,1-2H3. The second-order valence-electron chi connectivity index (χ2n) is 3.82. The Morgan fingerprint density at radius 1 is 1.40 bits per heavy atom. The first-order valence-electron chi connectivity index (χ1n) is 4.80. The average molecular weight is 239 g/mol. The molecule has 0 spiro atoms. The van der Waals surface area contributed by atoms with Crippen LogP contribution >= 0.6 is 22.9 Å². The summed E-state index contributed by atoms with van der Waals surface area (Å²) >= 11 is 7.44. The number of carbonyl (C=O) groups is 1. The molecule has 0 N–H and O–H groups in total. The monoisotopic (exact) mass is 238 g/mol. The van der Waals surface area contributed by atoms with Crippen molar-refractivity contribution in [2.45, 2.75) is 19.8 Å². The molecule has 1 nitrogen and oxygen atoms in total. The molecule has 0 fully saturated rings. The van der Waals surface area contributed by atoms with Gasteiger partial charge in [0.25, 0.3) is 0 Å². The van der Waals surface area contributed by atoms with E-state index in [0.717, 1.165) is 16.4 Å². The summed E-state index contributed by atoms with van der Waals surface area (Å²) in [5.74, 6) is 0.465. The molecule has 0 amide bonds. The number of rotatable bonds is 2. The average Bonchev–Trinajstić information content (AvgIpc) is 2.51. The van der Waals surface area contributed by atoms with Crippen LogP contribution in [0.1, 0.15) is 35.7 Å². The lowest BCUT2D eigenvalue weighted by Crippen LogP contribution is -1.86. The van der Waals surface area contributed by atoms with Crippen LogP contribution in [0.5, 0.6) is 0 Å².